The number of carbonyl (C=O) groups is 1. The molecule has 0 bridgehead atoms. The highest BCUT2D eigenvalue weighted by Gasteiger charge is 2.18. The summed E-state index contributed by atoms with van der Waals surface area (Å²) in [4.78, 5) is 15.9. The van der Waals surface area contributed by atoms with Crippen LogP contribution in [0, 0.1) is 0 Å². The monoisotopic (exact) mass is 258 g/mol. The number of ether oxygens (including phenoxy) is 1. The number of nitrogens with zero attached hydrogens (tertiary/aromatic N) is 3. The highest BCUT2D eigenvalue weighted by atomic mass is 16.5. The minimum Gasteiger partial charge on any atom is -0.379 e. The van der Waals surface area contributed by atoms with Crippen LogP contribution in [0.5, 0.6) is 0 Å². The zero-order valence-corrected chi connectivity index (χ0v) is 10.3. The smallest absolute Gasteiger partial charge is 0.274 e. The molecule has 1 saturated heterocycles. The van der Waals surface area contributed by atoms with E-state index in [1.165, 1.54) is 0 Å². The van der Waals surface area contributed by atoms with Gasteiger partial charge in [-0.1, -0.05) is 6.07 Å². The van der Waals surface area contributed by atoms with Crippen LogP contribution in [0.1, 0.15) is 23.0 Å². The first-order valence-electron chi connectivity index (χ1n) is 6.17. The van der Waals surface area contributed by atoms with Crippen LogP contribution in [0.15, 0.2) is 36.8 Å². The number of nitrogens with one attached hydrogen (secondary N) is 1. The molecule has 3 heterocycles. The van der Waals surface area contributed by atoms with Gasteiger partial charge in [0.2, 0.25) is 0 Å². The predicted octanol–water partition coefficient (Wildman–Crippen LogP) is 1.49. The Bertz CT molecular complexity index is 561. The standard InChI is InChI=1S/C13H14N4O2/c18-13(12-3-1-2-5-14-12)16-10-7-15-17(8-10)11-4-6-19-9-11/h1-3,5,7-8,11H,4,6,9H2,(H,16,18)/t11-/m0/s1. The molecular weight excluding hydrogens is 244 g/mol. The van der Waals surface area contributed by atoms with E-state index in [-0.39, 0.29) is 11.9 Å². The SMILES string of the molecule is O=C(Nc1cnn([C@H]2CCOC2)c1)c1ccccn1. The number of hydrogen-bond acceptors (Lipinski definition) is 4. The van der Waals surface area contributed by atoms with Crippen molar-refractivity contribution >= 4 is 11.6 Å². The van der Waals surface area contributed by atoms with Crippen LogP contribution in [0.3, 0.4) is 0 Å². The van der Waals surface area contributed by atoms with Crippen molar-refractivity contribution in [3.63, 3.8) is 0 Å². The summed E-state index contributed by atoms with van der Waals surface area (Å²) in [5.41, 5.74) is 1.06. The first-order valence-corrected chi connectivity index (χ1v) is 6.17. The fraction of sp³-hybridized carbons (Fsp3) is 0.308. The van der Waals surface area contributed by atoms with Crippen LogP contribution in [0.25, 0.3) is 0 Å². The summed E-state index contributed by atoms with van der Waals surface area (Å²) in [7, 11) is 0. The van der Waals surface area contributed by atoms with Gasteiger partial charge in [0, 0.05) is 19.0 Å². The Hall–Kier alpha value is -2.21. The lowest BCUT2D eigenvalue weighted by molar-refractivity contribution is 0.102. The van der Waals surface area contributed by atoms with Gasteiger partial charge in [-0.15, -0.1) is 0 Å². The van der Waals surface area contributed by atoms with Crippen molar-refractivity contribution in [3.8, 4) is 0 Å². The molecule has 0 spiro atoms. The van der Waals surface area contributed by atoms with Crippen molar-refractivity contribution in [2.75, 3.05) is 18.5 Å². The average Bonchev–Trinajstić information content (AvgIpc) is 3.10. The van der Waals surface area contributed by atoms with Crippen molar-refractivity contribution in [1.29, 1.82) is 0 Å². The summed E-state index contributed by atoms with van der Waals surface area (Å²) in [6.45, 7) is 1.44. The van der Waals surface area contributed by atoms with Crippen LogP contribution < -0.4 is 5.32 Å². The molecule has 1 fully saturated rings. The third-order valence-corrected chi connectivity index (χ3v) is 3.04. The second-order valence-electron chi connectivity index (χ2n) is 4.40. The third kappa shape index (κ3) is 2.63. The maximum Gasteiger partial charge on any atom is 0.274 e. The highest BCUT2D eigenvalue weighted by Crippen LogP contribution is 2.19. The topological polar surface area (TPSA) is 69.0 Å². The number of anilines is 1. The Morgan fingerprint density at radius 3 is 3.16 bits per heavy atom. The van der Waals surface area contributed by atoms with Gasteiger partial charge in [-0.2, -0.15) is 5.10 Å². The Kier molecular flexibility index (Phi) is 3.24. The molecular formula is C13H14N4O2. The quantitative estimate of drug-likeness (QED) is 0.905. The fourth-order valence-corrected chi connectivity index (χ4v) is 2.03. The summed E-state index contributed by atoms with van der Waals surface area (Å²) >= 11 is 0. The van der Waals surface area contributed by atoms with Crippen LogP contribution in [0.2, 0.25) is 0 Å². The molecule has 6 nitrogen and oxygen atoms in total. The van der Waals surface area contributed by atoms with Gasteiger partial charge in [-0.3, -0.25) is 14.5 Å². The van der Waals surface area contributed by atoms with Gasteiger partial charge in [-0.05, 0) is 18.6 Å². The Morgan fingerprint density at radius 2 is 2.42 bits per heavy atom. The molecule has 6 heteroatoms. The molecule has 2 aromatic rings. The molecule has 0 saturated carbocycles. The second kappa shape index (κ2) is 5.19. The van der Waals surface area contributed by atoms with E-state index < -0.39 is 0 Å². The maximum absolute atomic E-state index is 11.9. The summed E-state index contributed by atoms with van der Waals surface area (Å²) in [6, 6.07) is 5.49. The normalized spacial score (nSPS) is 18.4. The molecule has 98 valence electrons. The van der Waals surface area contributed by atoms with Gasteiger partial charge < -0.3 is 10.1 Å². The number of amides is 1. The molecule has 1 atom stereocenters. The zero-order chi connectivity index (χ0) is 13.1. The molecule has 1 aliphatic heterocycles. The summed E-state index contributed by atoms with van der Waals surface area (Å²) < 4.78 is 7.15. The van der Waals surface area contributed by atoms with Crippen LogP contribution in [0.4, 0.5) is 5.69 Å². The first-order chi connectivity index (χ1) is 9.33. The summed E-state index contributed by atoms with van der Waals surface area (Å²) in [6.07, 6.45) is 6.00. The minimum atomic E-state index is -0.233. The van der Waals surface area contributed by atoms with E-state index >= 15 is 0 Å². The van der Waals surface area contributed by atoms with Crippen molar-refractivity contribution in [3.05, 3.63) is 42.5 Å². The highest BCUT2D eigenvalue weighted by molar-refractivity contribution is 6.02. The molecule has 19 heavy (non-hydrogen) atoms. The number of rotatable bonds is 3. The van der Waals surface area contributed by atoms with Gasteiger partial charge in [0.25, 0.3) is 5.91 Å². The lowest BCUT2D eigenvalue weighted by Crippen LogP contribution is -2.13. The second-order valence-corrected chi connectivity index (χ2v) is 4.40. The van der Waals surface area contributed by atoms with Gasteiger partial charge in [0.15, 0.2) is 0 Å². The lowest BCUT2D eigenvalue weighted by Gasteiger charge is -2.06. The van der Waals surface area contributed by atoms with E-state index in [9.17, 15) is 4.79 Å². The van der Waals surface area contributed by atoms with Gasteiger partial charge in [0.1, 0.15) is 5.69 Å². The van der Waals surface area contributed by atoms with Crippen molar-refractivity contribution in [2.45, 2.75) is 12.5 Å². The van der Waals surface area contributed by atoms with E-state index in [2.05, 4.69) is 15.4 Å². The molecule has 1 aliphatic rings. The van der Waals surface area contributed by atoms with Crippen LogP contribution >= 0.6 is 0 Å². The van der Waals surface area contributed by atoms with Crippen LogP contribution in [-0.4, -0.2) is 33.9 Å². The van der Waals surface area contributed by atoms with Crippen molar-refractivity contribution in [1.82, 2.24) is 14.8 Å². The summed E-state index contributed by atoms with van der Waals surface area (Å²) in [5, 5.41) is 7.02. The van der Waals surface area contributed by atoms with E-state index in [1.807, 2.05) is 10.9 Å². The molecule has 0 unspecified atom stereocenters. The Balaban J connectivity index is 1.68. The molecule has 1 N–H and O–H groups in total. The number of carbonyl (C=O) groups excluding carboxylic acids is 1. The molecule has 0 radical (unpaired) electrons. The fourth-order valence-electron chi connectivity index (χ4n) is 2.03. The van der Waals surface area contributed by atoms with Gasteiger partial charge >= 0.3 is 0 Å². The van der Waals surface area contributed by atoms with Crippen LogP contribution in [-0.2, 0) is 4.74 Å². The van der Waals surface area contributed by atoms with E-state index in [1.54, 1.807) is 30.6 Å². The largest absolute Gasteiger partial charge is 0.379 e. The van der Waals surface area contributed by atoms with Crippen molar-refractivity contribution < 1.29 is 9.53 Å². The number of pyridine rings is 1. The van der Waals surface area contributed by atoms with E-state index in [4.69, 9.17) is 4.74 Å². The van der Waals surface area contributed by atoms with Gasteiger partial charge in [0.05, 0.1) is 24.5 Å². The minimum absolute atomic E-state index is 0.233. The Labute approximate surface area is 110 Å². The lowest BCUT2D eigenvalue weighted by atomic mass is 10.3. The number of hydrogen-bond donors (Lipinski definition) is 1. The molecule has 2 aromatic heterocycles. The summed E-state index contributed by atoms with van der Waals surface area (Å²) in [5.74, 6) is -0.233. The zero-order valence-electron chi connectivity index (χ0n) is 10.3. The predicted molar refractivity (Wildman–Crippen MR) is 68.9 cm³/mol. The number of aromatic nitrogens is 3. The third-order valence-electron chi connectivity index (χ3n) is 3.04. The molecule has 3 rings (SSSR count). The molecule has 1 amide bonds. The van der Waals surface area contributed by atoms with Crippen molar-refractivity contribution in [2.24, 2.45) is 0 Å². The molecule has 0 aliphatic carbocycles. The first kappa shape index (κ1) is 11.9. The molecule has 0 aromatic carbocycles. The Morgan fingerprint density at radius 1 is 1.47 bits per heavy atom. The average molecular weight is 258 g/mol. The maximum atomic E-state index is 11.9. The van der Waals surface area contributed by atoms with Gasteiger partial charge in [-0.25, -0.2) is 0 Å². The van der Waals surface area contributed by atoms with E-state index in [0.717, 1.165) is 13.0 Å². The van der Waals surface area contributed by atoms with E-state index in [0.29, 0.717) is 18.0 Å².